The lowest BCUT2D eigenvalue weighted by Gasteiger charge is -2.24. The molecule has 0 aromatic heterocycles. The molecular weight excluding hydrogens is 457 g/mol. The molecular formula is C25H26FN3O4S. The summed E-state index contributed by atoms with van der Waals surface area (Å²) >= 11 is 0. The van der Waals surface area contributed by atoms with Crippen LogP contribution in [0.2, 0.25) is 0 Å². The maximum Gasteiger partial charge on any atom is 0.264 e. The van der Waals surface area contributed by atoms with Crippen molar-refractivity contribution in [1.29, 1.82) is 0 Å². The number of rotatable bonds is 8. The number of amides is 2. The van der Waals surface area contributed by atoms with E-state index in [4.69, 9.17) is 0 Å². The third-order valence-corrected chi connectivity index (χ3v) is 7.22. The van der Waals surface area contributed by atoms with Gasteiger partial charge in [0.15, 0.2) is 0 Å². The van der Waals surface area contributed by atoms with Crippen molar-refractivity contribution >= 4 is 33.2 Å². The average Bonchev–Trinajstić information content (AvgIpc) is 2.79. The Bertz CT molecular complexity index is 1300. The number of nitrogens with one attached hydrogen (secondary N) is 1. The smallest absolute Gasteiger partial charge is 0.264 e. The van der Waals surface area contributed by atoms with Crippen LogP contribution >= 0.6 is 0 Å². The van der Waals surface area contributed by atoms with Gasteiger partial charge in [0, 0.05) is 24.8 Å². The Morgan fingerprint density at radius 1 is 0.971 bits per heavy atom. The molecule has 0 heterocycles. The second kappa shape index (κ2) is 10.5. The molecule has 9 heteroatoms. The normalized spacial score (nSPS) is 11.1. The number of hydrogen-bond acceptors (Lipinski definition) is 4. The van der Waals surface area contributed by atoms with Gasteiger partial charge in [-0.15, -0.1) is 0 Å². The Kier molecular flexibility index (Phi) is 7.68. The molecule has 0 aliphatic rings. The van der Waals surface area contributed by atoms with Crippen LogP contribution in [0.1, 0.15) is 22.8 Å². The fourth-order valence-electron chi connectivity index (χ4n) is 3.49. The van der Waals surface area contributed by atoms with Crippen molar-refractivity contribution in [3.8, 4) is 0 Å². The summed E-state index contributed by atoms with van der Waals surface area (Å²) in [5.41, 5.74) is 1.43. The van der Waals surface area contributed by atoms with E-state index < -0.39 is 27.7 Å². The Labute approximate surface area is 198 Å². The number of para-hydroxylation sites is 1. The van der Waals surface area contributed by atoms with Crippen LogP contribution in [0.15, 0.2) is 77.7 Å². The summed E-state index contributed by atoms with van der Waals surface area (Å²) in [5, 5.41) is 2.53. The number of carbonyl (C=O) groups excluding carboxylic acids is 2. The maximum absolute atomic E-state index is 13.4. The molecule has 178 valence electrons. The van der Waals surface area contributed by atoms with Crippen molar-refractivity contribution in [3.05, 3.63) is 89.7 Å². The van der Waals surface area contributed by atoms with E-state index in [1.807, 2.05) is 0 Å². The molecule has 0 aliphatic heterocycles. The maximum atomic E-state index is 13.4. The van der Waals surface area contributed by atoms with Crippen LogP contribution in [-0.2, 0) is 14.8 Å². The van der Waals surface area contributed by atoms with Gasteiger partial charge in [0.2, 0.25) is 5.91 Å². The van der Waals surface area contributed by atoms with Gasteiger partial charge in [-0.05, 0) is 61.9 Å². The minimum absolute atomic E-state index is 0.0154. The second-order valence-corrected chi connectivity index (χ2v) is 9.54. The van der Waals surface area contributed by atoms with E-state index in [0.29, 0.717) is 11.3 Å². The summed E-state index contributed by atoms with van der Waals surface area (Å²) in [7, 11) is -2.50. The van der Waals surface area contributed by atoms with Gasteiger partial charge in [0.1, 0.15) is 5.82 Å². The second-order valence-electron chi connectivity index (χ2n) is 7.71. The van der Waals surface area contributed by atoms with Crippen molar-refractivity contribution in [1.82, 2.24) is 4.90 Å². The lowest BCUT2D eigenvalue weighted by Crippen LogP contribution is -2.35. The molecule has 2 amide bonds. The fraction of sp³-hybridized carbons (Fsp3) is 0.200. The molecule has 34 heavy (non-hydrogen) atoms. The van der Waals surface area contributed by atoms with Crippen molar-refractivity contribution in [2.75, 3.05) is 29.8 Å². The van der Waals surface area contributed by atoms with Crippen LogP contribution in [0, 0.1) is 12.7 Å². The standard InChI is InChI=1S/C25H26FN3O4S/c1-4-29(22-11-6-5-7-12-22)34(32,33)23-15-19(14-13-18(23)2)25(31)28(3)17-24(30)27-21-10-8-9-20(26)16-21/h5-16H,4,17H2,1-3H3,(H,27,30). The van der Waals surface area contributed by atoms with Crippen LogP contribution < -0.4 is 9.62 Å². The molecule has 0 saturated carbocycles. The minimum Gasteiger partial charge on any atom is -0.332 e. The number of benzene rings is 3. The highest BCUT2D eigenvalue weighted by molar-refractivity contribution is 7.92. The first-order valence-corrected chi connectivity index (χ1v) is 12.1. The van der Waals surface area contributed by atoms with E-state index in [0.717, 1.165) is 0 Å². The molecule has 0 saturated heterocycles. The number of likely N-dealkylation sites (N-methyl/N-ethyl adjacent to an activating group) is 1. The van der Waals surface area contributed by atoms with Gasteiger partial charge in [-0.2, -0.15) is 0 Å². The molecule has 0 fully saturated rings. The Morgan fingerprint density at radius 2 is 1.68 bits per heavy atom. The van der Waals surface area contributed by atoms with Crippen LogP contribution in [0.25, 0.3) is 0 Å². The molecule has 1 N–H and O–H groups in total. The molecule has 0 spiro atoms. The average molecular weight is 484 g/mol. The Hall–Kier alpha value is -3.72. The zero-order valence-electron chi connectivity index (χ0n) is 19.2. The summed E-state index contributed by atoms with van der Waals surface area (Å²) < 4.78 is 41.5. The monoisotopic (exact) mass is 483 g/mol. The number of carbonyl (C=O) groups is 2. The van der Waals surface area contributed by atoms with E-state index in [9.17, 15) is 22.4 Å². The van der Waals surface area contributed by atoms with E-state index >= 15 is 0 Å². The molecule has 0 unspecified atom stereocenters. The first kappa shape index (κ1) is 24.9. The number of aryl methyl sites for hydroxylation is 1. The summed E-state index contributed by atoms with van der Waals surface area (Å²) in [6, 6.07) is 18.6. The fourth-order valence-corrected chi connectivity index (χ4v) is 5.22. The number of hydrogen-bond donors (Lipinski definition) is 1. The van der Waals surface area contributed by atoms with E-state index in [1.54, 1.807) is 50.2 Å². The molecule has 3 rings (SSSR count). The predicted octanol–water partition coefficient (Wildman–Crippen LogP) is 4.06. The van der Waals surface area contributed by atoms with Crippen molar-refractivity contribution in [2.24, 2.45) is 0 Å². The topological polar surface area (TPSA) is 86.8 Å². The van der Waals surface area contributed by atoms with Gasteiger partial charge in [0.05, 0.1) is 17.1 Å². The molecule has 0 atom stereocenters. The van der Waals surface area contributed by atoms with Gasteiger partial charge in [-0.3, -0.25) is 13.9 Å². The largest absolute Gasteiger partial charge is 0.332 e. The summed E-state index contributed by atoms with van der Waals surface area (Å²) in [6.45, 7) is 3.32. The van der Waals surface area contributed by atoms with Gasteiger partial charge in [0.25, 0.3) is 15.9 Å². The zero-order chi connectivity index (χ0) is 24.9. The van der Waals surface area contributed by atoms with Gasteiger partial charge in [-0.1, -0.05) is 30.3 Å². The highest BCUT2D eigenvalue weighted by atomic mass is 32.2. The predicted molar refractivity (Wildman–Crippen MR) is 130 cm³/mol. The minimum atomic E-state index is -3.94. The third kappa shape index (κ3) is 5.60. The van der Waals surface area contributed by atoms with E-state index in [-0.39, 0.29) is 29.2 Å². The lowest BCUT2D eigenvalue weighted by molar-refractivity contribution is -0.116. The highest BCUT2D eigenvalue weighted by Gasteiger charge is 2.27. The Balaban J connectivity index is 1.81. The zero-order valence-corrected chi connectivity index (χ0v) is 20.0. The first-order valence-electron chi connectivity index (χ1n) is 10.6. The lowest BCUT2D eigenvalue weighted by atomic mass is 10.1. The van der Waals surface area contributed by atoms with Crippen LogP contribution in [0.4, 0.5) is 15.8 Å². The number of halogens is 1. The molecule has 3 aromatic rings. The molecule has 0 radical (unpaired) electrons. The number of nitrogens with zero attached hydrogens (tertiary/aromatic N) is 2. The van der Waals surface area contributed by atoms with E-state index in [1.165, 1.54) is 52.7 Å². The molecule has 3 aromatic carbocycles. The number of anilines is 2. The summed E-state index contributed by atoms with van der Waals surface area (Å²) in [4.78, 5) is 26.5. The Morgan fingerprint density at radius 3 is 2.32 bits per heavy atom. The highest BCUT2D eigenvalue weighted by Crippen LogP contribution is 2.26. The van der Waals surface area contributed by atoms with Gasteiger partial charge >= 0.3 is 0 Å². The number of sulfonamides is 1. The van der Waals surface area contributed by atoms with E-state index in [2.05, 4.69) is 5.32 Å². The van der Waals surface area contributed by atoms with Crippen molar-refractivity contribution < 1.29 is 22.4 Å². The van der Waals surface area contributed by atoms with Gasteiger partial charge < -0.3 is 10.2 Å². The van der Waals surface area contributed by atoms with Crippen LogP contribution in [-0.4, -0.2) is 45.3 Å². The molecule has 0 aliphatic carbocycles. The van der Waals surface area contributed by atoms with Gasteiger partial charge in [-0.25, -0.2) is 12.8 Å². The van der Waals surface area contributed by atoms with Crippen molar-refractivity contribution in [3.63, 3.8) is 0 Å². The first-order chi connectivity index (χ1) is 16.1. The van der Waals surface area contributed by atoms with Crippen molar-refractivity contribution in [2.45, 2.75) is 18.7 Å². The quantitative estimate of drug-likeness (QED) is 0.524. The SMILES string of the molecule is CCN(c1ccccc1)S(=O)(=O)c1cc(C(=O)N(C)CC(=O)Nc2cccc(F)c2)ccc1C. The molecule has 7 nitrogen and oxygen atoms in total. The van der Waals surface area contributed by atoms with Crippen LogP contribution in [0.5, 0.6) is 0 Å². The summed E-state index contributed by atoms with van der Waals surface area (Å²) in [5.74, 6) is -1.52. The third-order valence-electron chi connectivity index (χ3n) is 5.17. The molecule has 0 bridgehead atoms. The summed E-state index contributed by atoms with van der Waals surface area (Å²) in [6.07, 6.45) is 0. The van der Waals surface area contributed by atoms with Crippen LogP contribution in [0.3, 0.4) is 0 Å².